The monoisotopic (exact) mass is 259 g/mol. The Bertz CT molecular complexity index is 569. The Morgan fingerprint density at radius 1 is 1.05 bits per heavy atom. The fourth-order valence-corrected chi connectivity index (χ4v) is 1.91. The Hall–Kier alpha value is -2.07. The summed E-state index contributed by atoms with van der Waals surface area (Å²) in [6.07, 6.45) is -0.778. The molecule has 0 radical (unpaired) electrons. The topological polar surface area (TPSA) is 51.6 Å². The third-order valence-electron chi connectivity index (χ3n) is 2.91. The first-order valence-electron chi connectivity index (χ1n) is 5.99. The largest absolute Gasteiger partial charge is 0.493 e. The molecule has 0 aliphatic carbocycles. The zero-order chi connectivity index (χ0) is 13.8. The molecule has 0 saturated carbocycles. The van der Waals surface area contributed by atoms with Crippen LogP contribution in [0.4, 0.5) is 0 Å². The van der Waals surface area contributed by atoms with Crippen molar-refractivity contribution in [2.24, 2.45) is 0 Å². The first-order valence-corrected chi connectivity index (χ1v) is 5.99. The van der Waals surface area contributed by atoms with Crippen LogP contribution in [0.3, 0.4) is 0 Å². The maximum atomic E-state index is 10.3. The molecule has 0 bridgehead atoms. The second-order valence-electron chi connectivity index (χ2n) is 4.22. The number of pyridine rings is 1. The minimum absolute atomic E-state index is 0.590. The summed E-state index contributed by atoms with van der Waals surface area (Å²) in [6, 6.07) is 10.9. The van der Waals surface area contributed by atoms with Crippen LogP contribution in [-0.2, 0) is 0 Å². The van der Waals surface area contributed by atoms with Crippen LogP contribution in [0.15, 0.2) is 36.4 Å². The number of rotatable bonds is 4. The third-order valence-corrected chi connectivity index (χ3v) is 2.91. The van der Waals surface area contributed by atoms with Gasteiger partial charge in [-0.25, -0.2) is 0 Å². The van der Waals surface area contributed by atoms with E-state index in [1.54, 1.807) is 38.5 Å². The van der Waals surface area contributed by atoms with Crippen LogP contribution in [0, 0.1) is 6.92 Å². The number of methoxy groups -OCH3 is 2. The van der Waals surface area contributed by atoms with Gasteiger partial charge in [0.15, 0.2) is 11.5 Å². The lowest BCUT2D eigenvalue weighted by atomic mass is 10.1. The fourth-order valence-electron chi connectivity index (χ4n) is 1.91. The van der Waals surface area contributed by atoms with Crippen molar-refractivity contribution in [2.45, 2.75) is 13.0 Å². The van der Waals surface area contributed by atoms with Gasteiger partial charge in [-0.3, -0.25) is 4.98 Å². The lowest BCUT2D eigenvalue weighted by Gasteiger charge is -2.14. The number of aliphatic hydroxyl groups is 1. The van der Waals surface area contributed by atoms with E-state index >= 15 is 0 Å². The molecule has 100 valence electrons. The minimum Gasteiger partial charge on any atom is -0.493 e. The van der Waals surface area contributed by atoms with E-state index in [0.29, 0.717) is 17.2 Å². The normalized spacial score (nSPS) is 12.0. The van der Waals surface area contributed by atoms with E-state index in [4.69, 9.17) is 9.47 Å². The SMILES string of the molecule is COc1ccc(C(O)c2cccc(C)n2)cc1OC. The first-order chi connectivity index (χ1) is 9.15. The number of aryl methyl sites for hydroxylation is 1. The molecule has 0 spiro atoms. The molecule has 4 heteroatoms. The highest BCUT2D eigenvalue weighted by Gasteiger charge is 2.14. The number of ether oxygens (including phenoxy) is 2. The predicted octanol–water partition coefficient (Wildman–Crippen LogP) is 2.49. The summed E-state index contributed by atoms with van der Waals surface area (Å²) >= 11 is 0. The Labute approximate surface area is 112 Å². The van der Waals surface area contributed by atoms with E-state index in [-0.39, 0.29) is 0 Å². The Balaban J connectivity index is 2.36. The minimum atomic E-state index is -0.778. The van der Waals surface area contributed by atoms with Gasteiger partial charge in [0.1, 0.15) is 6.10 Å². The average Bonchev–Trinajstić information content (AvgIpc) is 2.45. The van der Waals surface area contributed by atoms with Crippen LogP contribution in [0.1, 0.15) is 23.1 Å². The maximum Gasteiger partial charge on any atom is 0.161 e. The Morgan fingerprint density at radius 3 is 2.42 bits per heavy atom. The molecule has 1 aromatic heterocycles. The maximum absolute atomic E-state index is 10.3. The predicted molar refractivity (Wildman–Crippen MR) is 72.6 cm³/mol. The molecule has 1 N–H and O–H groups in total. The highest BCUT2D eigenvalue weighted by molar-refractivity contribution is 5.44. The zero-order valence-corrected chi connectivity index (χ0v) is 11.3. The average molecular weight is 259 g/mol. The molecular weight excluding hydrogens is 242 g/mol. The number of aliphatic hydroxyl groups excluding tert-OH is 1. The van der Waals surface area contributed by atoms with E-state index in [2.05, 4.69) is 4.98 Å². The summed E-state index contributed by atoms with van der Waals surface area (Å²) in [5, 5.41) is 10.3. The number of hydrogen-bond donors (Lipinski definition) is 1. The third kappa shape index (κ3) is 2.85. The lowest BCUT2D eigenvalue weighted by molar-refractivity contribution is 0.214. The highest BCUT2D eigenvalue weighted by atomic mass is 16.5. The van der Waals surface area contributed by atoms with Crippen molar-refractivity contribution in [2.75, 3.05) is 14.2 Å². The molecule has 1 atom stereocenters. The van der Waals surface area contributed by atoms with Crippen LogP contribution in [0.2, 0.25) is 0 Å². The van der Waals surface area contributed by atoms with Crippen molar-refractivity contribution in [1.29, 1.82) is 0 Å². The number of benzene rings is 1. The summed E-state index contributed by atoms with van der Waals surface area (Å²) in [4.78, 5) is 4.33. The second kappa shape index (κ2) is 5.71. The molecule has 0 aliphatic heterocycles. The smallest absolute Gasteiger partial charge is 0.161 e. The highest BCUT2D eigenvalue weighted by Crippen LogP contribution is 2.31. The molecule has 2 rings (SSSR count). The number of hydrogen-bond acceptors (Lipinski definition) is 4. The van der Waals surface area contributed by atoms with E-state index in [1.165, 1.54) is 0 Å². The summed E-state index contributed by atoms with van der Waals surface area (Å²) in [6.45, 7) is 1.89. The molecule has 0 fully saturated rings. The standard InChI is InChI=1S/C15H17NO3/c1-10-5-4-6-12(16-10)15(17)11-7-8-13(18-2)14(9-11)19-3/h4-9,15,17H,1-3H3. The zero-order valence-electron chi connectivity index (χ0n) is 11.3. The molecule has 0 aliphatic rings. The Kier molecular flexibility index (Phi) is 4.02. The Morgan fingerprint density at radius 2 is 1.79 bits per heavy atom. The second-order valence-corrected chi connectivity index (χ2v) is 4.22. The summed E-state index contributed by atoms with van der Waals surface area (Å²) in [7, 11) is 3.15. The van der Waals surface area contributed by atoms with Gasteiger partial charge in [-0.15, -0.1) is 0 Å². The van der Waals surface area contributed by atoms with Crippen LogP contribution >= 0.6 is 0 Å². The molecule has 1 heterocycles. The van der Waals surface area contributed by atoms with E-state index in [0.717, 1.165) is 11.3 Å². The van der Waals surface area contributed by atoms with Crippen LogP contribution < -0.4 is 9.47 Å². The van der Waals surface area contributed by atoms with Gasteiger partial charge in [-0.1, -0.05) is 12.1 Å². The molecule has 19 heavy (non-hydrogen) atoms. The summed E-state index contributed by atoms with van der Waals surface area (Å²) in [5.41, 5.74) is 2.21. The first kappa shape index (κ1) is 13.4. The van der Waals surface area contributed by atoms with Crippen LogP contribution in [-0.4, -0.2) is 24.3 Å². The molecule has 0 amide bonds. The van der Waals surface area contributed by atoms with Gasteiger partial charge in [-0.2, -0.15) is 0 Å². The molecule has 2 aromatic rings. The van der Waals surface area contributed by atoms with Gasteiger partial charge in [-0.05, 0) is 36.8 Å². The van der Waals surface area contributed by atoms with Gasteiger partial charge in [0, 0.05) is 5.69 Å². The van der Waals surface area contributed by atoms with Crippen molar-refractivity contribution in [3.63, 3.8) is 0 Å². The quantitative estimate of drug-likeness (QED) is 0.916. The molecule has 1 aromatic carbocycles. The van der Waals surface area contributed by atoms with Gasteiger partial charge in [0.2, 0.25) is 0 Å². The van der Waals surface area contributed by atoms with Gasteiger partial charge < -0.3 is 14.6 Å². The molecule has 4 nitrogen and oxygen atoms in total. The number of aromatic nitrogens is 1. The van der Waals surface area contributed by atoms with Gasteiger partial charge in [0.05, 0.1) is 19.9 Å². The molecule has 1 unspecified atom stereocenters. The van der Waals surface area contributed by atoms with Crippen LogP contribution in [0.5, 0.6) is 11.5 Å². The van der Waals surface area contributed by atoms with E-state index < -0.39 is 6.10 Å². The van der Waals surface area contributed by atoms with E-state index in [1.807, 2.05) is 19.1 Å². The van der Waals surface area contributed by atoms with Crippen molar-refractivity contribution < 1.29 is 14.6 Å². The van der Waals surface area contributed by atoms with Crippen molar-refractivity contribution in [3.05, 3.63) is 53.3 Å². The number of nitrogens with zero attached hydrogens (tertiary/aromatic N) is 1. The molecule has 0 saturated heterocycles. The van der Waals surface area contributed by atoms with Gasteiger partial charge >= 0.3 is 0 Å². The summed E-state index contributed by atoms with van der Waals surface area (Å²) < 4.78 is 10.4. The summed E-state index contributed by atoms with van der Waals surface area (Å²) in [5.74, 6) is 1.22. The molecular formula is C15H17NO3. The van der Waals surface area contributed by atoms with Crippen LogP contribution in [0.25, 0.3) is 0 Å². The fraction of sp³-hybridized carbons (Fsp3) is 0.267. The van der Waals surface area contributed by atoms with Gasteiger partial charge in [0.25, 0.3) is 0 Å². The van der Waals surface area contributed by atoms with Crippen molar-refractivity contribution in [1.82, 2.24) is 4.98 Å². The van der Waals surface area contributed by atoms with Crippen molar-refractivity contribution >= 4 is 0 Å². The van der Waals surface area contributed by atoms with Crippen molar-refractivity contribution in [3.8, 4) is 11.5 Å². The van der Waals surface area contributed by atoms with E-state index in [9.17, 15) is 5.11 Å². The lowest BCUT2D eigenvalue weighted by Crippen LogP contribution is -2.03.